The number of benzene rings is 2. The third-order valence-electron chi connectivity index (χ3n) is 5.92. The maximum atomic E-state index is 13.8. The van der Waals surface area contributed by atoms with Gasteiger partial charge in [0.2, 0.25) is 0 Å². The van der Waals surface area contributed by atoms with Crippen molar-refractivity contribution in [1.29, 1.82) is 0 Å². The Morgan fingerprint density at radius 2 is 1.94 bits per heavy atom. The first-order chi connectivity index (χ1) is 16.4. The van der Waals surface area contributed by atoms with E-state index in [4.69, 9.17) is 4.74 Å². The molecule has 1 aliphatic rings. The highest BCUT2D eigenvalue weighted by Crippen LogP contribution is 2.31. The first-order valence-corrected chi connectivity index (χ1v) is 12.5. The molecule has 0 saturated heterocycles. The molecule has 6 nitrogen and oxygen atoms in total. The molecule has 1 aliphatic heterocycles. The van der Waals surface area contributed by atoms with Gasteiger partial charge in [0.05, 0.1) is 28.5 Å². The normalized spacial score (nSPS) is 16.0. The lowest BCUT2D eigenvalue weighted by Gasteiger charge is -2.24. The second kappa shape index (κ2) is 8.85. The van der Waals surface area contributed by atoms with Gasteiger partial charge in [-0.1, -0.05) is 57.6 Å². The van der Waals surface area contributed by atoms with Crippen LogP contribution >= 0.6 is 27.3 Å². The zero-order chi connectivity index (χ0) is 24.0. The third kappa shape index (κ3) is 3.76. The summed E-state index contributed by atoms with van der Waals surface area (Å²) in [5.41, 5.74) is 4.55. The van der Waals surface area contributed by atoms with E-state index in [1.165, 1.54) is 11.3 Å². The van der Waals surface area contributed by atoms with Crippen molar-refractivity contribution in [2.45, 2.75) is 26.8 Å². The van der Waals surface area contributed by atoms with Gasteiger partial charge >= 0.3 is 5.97 Å². The van der Waals surface area contributed by atoms with Crippen molar-refractivity contribution in [1.82, 2.24) is 9.55 Å². The Hall–Kier alpha value is -3.23. The van der Waals surface area contributed by atoms with E-state index in [2.05, 4.69) is 25.9 Å². The summed E-state index contributed by atoms with van der Waals surface area (Å²) in [5, 5.41) is 1.05. The summed E-state index contributed by atoms with van der Waals surface area (Å²) in [5.74, 6) is -0.460. The number of allylic oxidation sites excluding steroid dienone is 1. The SMILES string of the molecule is CCOC(=O)C1=C(C)N=c2s/c(=C\c3c(C)[nH]c4ccccc34)c(=O)n2[C@H]1c1ccc(Br)cc1. The Kier molecular flexibility index (Phi) is 5.87. The van der Waals surface area contributed by atoms with E-state index >= 15 is 0 Å². The fourth-order valence-corrected chi connectivity index (χ4v) is 5.66. The lowest BCUT2D eigenvalue weighted by molar-refractivity contribution is -0.139. The van der Waals surface area contributed by atoms with Crippen molar-refractivity contribution >= 4 is 50.2 Å². The number of hydrogen-bond donors (Lipinski definition) is 1. The minimum absolute atomic E-state index is 0.185. The summed E-state index contributed by atoms with van der Waals surface area (Å²) in [6.07, 6.45) is 1.92. The molecule has 0 radical (unpaired) electrons. The van der Waals surface area contributed by atoms with Gasteiger partial charge in [0.25, 0.3) is 5.56 Å². The molecule has 3 heterocycles. The van der Waals surface area contributed by atoms with Gasteiger partial charge in [-0.2, -0.15) is 0 Å². The number of aromatic nitrogens is 2. The highest BCUT2D eigenvalue weighted by molar-refractivity contribution is 9.10. The lowest BCUT2D eigenvalue weighted by Crippen LogP contribution is -2.39. The highest BCUT2D eigenvalue weighted by Gasteiger charge is 2.33. The Morgan fingerprint density at radius 1 is 1.21 bits per heavy atom. The van der Waals surface area contributed by atoms with E-state index in [1.807, 2.05) is 61.5 Å². The number of ether oxygens (including phenoxy) is 1. The quantitative estimate of drug-likeness (QED) is 0.394. The van der Waals surface area contributed by atoms with Crippen molar-refractivity contribution < 1.29 is 9.53 Å². The smallest absolute Gasteiger partial charge is 0.338 e. The summed E-state index contributed by atoms with van der Waals surface area (Å²) in [4.78, 5) is 35.3. The zero-order valence-corrected chi connectivity index (χ0v) is 21.3. The number of nitrogens with zero attached hydrogens (tertiary/aromatic N) is 2. The van der Waals surface area contributed by atoms with E-state index in [9.17, 15) is 9.59 Å². The van der Waals surface area contributed by atoms with Crippen LogP contribution in [-0.4, -0.2) is 22.1 Å². The summed E-state index contributed by atoms with van der Waals surface area (Å²) in [6.45, 7) is 5.80. The van der Waals surface area contributed by atoms with Gasteiger partial charge in [-0.15, -0.1) is 0 Å². The van der Waals surface area contributed by atoms with Crippen LogP contribution < -0.4 is 14.9 Å². The van der Waals surface area contributed by atoms with Gasteiger partial charge in [0.15, 0.2) is 4.80 Å². The van der Waals surface area contributed by atoms with Gasteiger partial charge < -0.3 is 9.72 Å². The summed E-state index contributed by atoms with van der Waals surface area (Å²) < 4.78 is 8.44. The number of aryl methyl sites for hydroxylation is 1. The van der Waals surface area contributed by atoms with Gasteiger partial charge in [0, 0.05) is 26.6 Å². The molecule has 5 rings (SSSR count). The Balaban J connectivity index is 1.76. The Labute approximate surface area is 208 Å². The number of halogens is 1. The number of carbonyl (C=O) groups excluding carboxylic acids is 1. The second-order valence-electron chi connectivity index (χ2n) is 8.06. The highest BCUT2D eigenvalue weighted by atomic mass is 79.9. The molecule has 2 aromatic heterocycles. The standard InChI is InChI=1S/C26H22BrN3O3S/c1-4-33-25(32)22-15(3)29-26-30(23(22)16-9-11-17(27)12-10-16)24(31)21(34-26)13-19-14(2)28-20-8-6-5-7-18(19)20/h5-13,23,28H,4H2,1-3H3/b21-13-/t23-/m0/s1. The summed E-state index contributed by atoms with van der Waals surface area (Å²) in [7, 11) is 0. The van der Waals surface area contributed by atoms with E-state index in [0.717, 1.165) is 32.2 Å². The molecule has 0 saturated carbocycles. The van der Waals surface area contributed by atoms with Crippen molar-refractivity contribution in [3.8, 4) is 0 Å². The van der Waals surface area contributed by atoms with Gasteiger partial charge in [-0.25, -0.2) is 9.79 Å². The predicted molar refractivity (Wildman–Crippen MR) is 138 cm³/mol. The van der Waals surface area contributed by atoms with Crippen molar-refractivity contribution in [2.24, 2.45) is 4.99 Å². The molecule has 172 valence electrons. The average Bonchev–Trinajstić information content (AvgIpc) is 3.29. The molecular formula is C26H22BrN3O3S. The molecule has 8 heteroatoms. The molecule has 0 aliphatic carbocycles. The van der Waals surface area contributed by atoms with Gasteiger partial charge in [-0.3, -0.25) is 9.36 Å². The molecule has 34 heavy (non-hydrogen) atoms. The maximum Gasteiger partial charge on any atom is 0.338 e. The third-order valence-corrected chi connectivity index (χ3v) is 7.43. The van der Waals surface area contributed by atoms with E-state index in [-0.39, 0.29) is 12.2 Å². The van der Waals surface area contributed by atoms with Crippen molar-refractivity contribution in [3.63, 3.8) is 0 Å². The van der Waals surface area contributed by atoms with Crippen LogP contribution in [0.3, 0.4) is 0 Å². The summed E-state index contributed by atoms with van der Waals surface area (Å²) in [6, 6.07) is 15.0. The maximum absolute atomic E-state index is 13.8. The minimum atomic E-state index is -0.616. The molecule has 0 fully saturated rings. The van der Waals surface area contributed by atoms with Crippen LogP contribution in [0.15, 0.2) is 74.1 Å². The number of H-pyrrole nitrogens is 1. The molecule has 4 aromatic rings. The van der Waals surface area contributed by atoms with Gasteiger partial charge in [-0.05, 0) is 50.6 Å². The molecule has 0 bridgehead atoms. The largest absolute Gasteiger partial charge is 0.463 e. The van der Waals surface area contributed by atoms with Crippen LogP contribution in [0, 0.1) is 6.92 Å². The number of thiazole rings is 1. The second-order valence-corrected chi connectivity index (χ2v) is 9.99. The number of carbonyl (C=O) groups is 1. The fourth-order valence-electron chi connectivity index (χ4n) is 4.37. The number of nitrogens with one attached hydrogen (secondary N) is 1. The average molecular weight is 536 g/mol. The van der Waals surface area contributed by atoms with Crippen LogP contribution in [-0.2, 0) is 9.53 Å². The number of rotatable bonds is 4. The first kappa shape index (κ1) is 22.6. The fraction of sp³-hybridized carbons (Fsp3) is 0.192. The van der Waals surface area contributed by atoms with Crippen LogP contribution in [0.25, 0.3) is 17.0 Å². The topological polar surface area (TPSA) is 76.4 Å². The molecule has 0 amide bonds. The molecule has 2 aromatic carbocycles. The van der Waals surface area contributed by atoms with E-state index < -0.39 is 12.0 Å². The number of para-hydroxylation sites is 1. The zero-order valence-electron chi connectivity index (χ0n) is 18.9. The van der Waals surface area contributed by atoms with E-state index in [1.54, 1.807) is 18.4 Å². The van der Waals surface area contributed by atoms with Crippen LogP contribution in [0.5, 0.6) is 0 Å². The number of aromatic amines is 1. The van der Waals surface area contributed by atoms with Crippen LogP contribution in [0.4, 0.5) is 0 Å². The molecular weight excluding hydrogens is 514 g/mol. The first-order valence-electron chi connectivity index (χ1n) is 10.9. The van der Waals surface area contributed by atoms with Crippen molar-refractivity contribution in [2.75, 3.05) is 6.61 Å². The predicted octanol–water partition coefficient (Wildman–Crippen LogP) is 4.35. The number of esters is 1. The monoisotopic (exact) mass is 535 g/mol. The van der Waals surface area contributed by atoms with Crippen molar-refractivity contribution in [3.05, 3.63) is 101 Å². The molecule has 0 unspecified atom stereocenters. The Bertz CT molecular complexity index is 1640. The molecule has 0 spiro atoms. The number of fused-ring (bicyclic) bond motifs is 2. The van der Waals surface area contributed by atoms with Gasteiger partial charge in [0.1, 0.15) is 0 Å². The van der Waals surface area contributed by atoms with Crippen LogP contribution in [0.2, 0.25) is 0 Å². The summed E-state index contributed by atoms with van der Waals surface area (Å²) >= 11 is 4.79. The minimum Gasteiger partial charge on any atom is -0.463 e. The number of hydrogen-bond acceptors (Lipinski definition) is 5. The molecule has 1 atom stereocenters. The van der Waals surface area contributed by atoms with Crippen LogP contribution in [0.1, 0.15) is 36.7 Å². The molecule has 1 N–H and O–H groups in total. The van der Waals surface area contributed by atoms with E-state index in [0.29, 0.717) is 20.6 Å². The lowest BCUT2D eigenvalue weighted by atomic mass is 9.96. The Morgan fingerprint density at radius 3 is 2.68 bits per heavy atom.